The van der Waals surface area contributed by atoms with E-state index in [2.05, 4.69) is 9.80 Å². The second-order valence-electron chi connectivity index (χ2n) is 8.42. The van der Waals surface area contributed by atoms with E-state index in [1.807, 2.05) is 12.1 Å². The second kappa shape index (κ2) is 11.0. The van der Waals surface area contributed by atoms with Crippen molar-refractivity contribution in [1.29, 1.82) is 0 Å². The van der Waals surface area contributed by atoms with E-state index in [9.17, 15) is 5.11 Å². The molecule has 0 spiro atoms. The van der Waals surface area contributed by atoms with Crippen molar-refractivity contribution in [1.82, 2.24) is 9.80 Å². The van der Waals surface area contributed by atoms with Crippen molar-refractivity contribution < 1.29 is 19.3 Å². The van der Waals surface area contributed by atoms with Gasteiger partial charge < -0.3 is 19.3 Å². The van der Waals surface area contributed by atoms with Crippen LogP contribution in [0.1, 0.15) is 44.1 Å². The molecule has 29 heavy (non-hydrogen) atoms. The fraction of sp³-hybridized carbons (Fsp3) is 0.739. The first-order valence-corrected chi connectivity index (χ1v) is 11.0. The number of rotatable bonds is 9. The number of benzene rings is 1. The molecule has 0 aromatic heterocycles. The molecule has 1 saturated heterocycles. The summed E-state index contributed by atoms with van der Waals surface area (Å²) in [6, 6.07) is 4.34. The lowest BCUT2D eigenvalue weighted by Crippen LogP contribution is -2.54. The number of aliphatic hydroxyl groups is 1. The molecule has 6 nitrogen and oxygen atoms in total. The van der Waals surface area contributed by atoms with E-state index in [0.29, 0.717) is 11.8 Å². The zero-order valence-electron chi connectivity index (χ0n) is 18.4. The van der Waals surface area contributed by atoms with Crippen LogP contribution in [0, 0.1) is 5.92 Å². The number of methoxy groups -OCH3 is 3. The molecule has 1 unspecified atom stereocenters. The largest absolute Gasteiger partial charge is 0.496 e. The third-order valence-corrected chi connectivity index (χ3v) is 6.55. The molecule has 0 bridgehead atoms. The number of nitrogens with zero attached hydrogens (tertiary/aromatic N) is 2. The van der Waals surface area contributed by atoms with Crippen LogP contribution in [-0.2, 0) is 6.54 Å². The minimum absolute atomic E-state index is 0.249. The topological polar surface area (TPSA) is 54.4 Å². The minimum Gasteiger partial charge on any atom is -0.496 e. The fourth-order valence-electron chi connectivity index (χ4n) is 4.92. The lowest BCUT2D eigenvalue weighted by atomic mass is 9.88. The van der Waals surface area contributed by atoms with Crippen molar-refractivity contribution in [3.05, 3.63) is 17.7 Å². The molecule has 2 aliphatic rings. The van der Waals surface area contributed by atoms with Gasteiger partial charge in [0.1, 0.15) is 5.75 Å². The van der Waals surface area contributed by atoms with Crippen molar-refractivity contribution in [2.75, 3.05) is 54.1 Å². The van der Waals surface area contributed by atoms with Gasteiger partial charge in [-0.25, -0.2) is 0 Å². The van der Waals surface area contributed by atoms with Crippen molar-refractivity contribution in [3.63, 3.8) is 0 Å². The molecule has 1 aliphatic carbocycles. The molecule has 1 aromatic rings. The predicted molar refractivity (Wildman–Crippen MR) is 115 cm³/mol. The third kappa shape index (κ3) is 5.77. The standard InChI is InChI=1S/C23H38N2O4/c1-27-21-14-23(29-3)22(28-2)13-19(21)16-24-10-11-25(20(17-24)9-12-26)15-18-7-5-4-6-8-18/h13-14,18,20,26H,4-12,15-17H2,1-3H3. The smallest absolute Gasteiger partial charge is 0.164 e. The third-order valence-electron chi connectivity index (χ3n) is 6.55. The average Bonchev–Trinajstić information content (AvgIpc) is 2.76. The summed E-state index contributed by atoms with van der Waals surface area (Å²) < 4.78 is 16.5. The minimum atomic E-state index is 0.249. The lowest BCUT2D eigenvalue weighted by molar-refractivity contribution is 0.0397. The van der Waals surface area contributed by atoms with E-state index in [0.717, 1.165) is 55.6 Å². The Morgan fingerprint density at radius 1 is 0.931 bits per heavy atom. The van der Waals surface area contributed by atoms with Crippen LogP contribution in [0.3, 0.4) is 0 Å². The zero-order valence-corrected chi connectivity index (χ0v) is 18.4. The number of hydrogen-bond donors (Lipinski definition) is 1. The number of hydrogen-bond acceptors (Lipinski definition) is 6. The molecule has 0 radical (unpaired) electrons. The number of ether oxygens (including phenoxy) is 3. The normalized spacial score (nSPS) is 21.9. The summed E-state index contributed by atoms with van der Waals surface area (Å²) in [5.41, 5.74) is 1.11. The Morgan fingerprint density at radius 2 is 1.62 bits per heavy atom. The van der Waals surface area contributed by atoms with E-state index < -0.39 is 0 Å². The highest BCUT2D eigenvalue weighted by Gasteiger charge is 2.29. The van der Waals surface area contributed by atoms with Crippen LogP contribution in [0.25, 0.3) is 0 Å². The highest BCUT2D eigenvalue weighted by Crippen LogP contribution is 2.35. The summed E-state index contributed by atoms with van der Waals surface area (Å²) in [6.07, 6.45) is 7.75. The summed E-state index contributed by atoms with van der Waals surface area (Å²) in [4.78, 5) is 5.11. The lowest BCUT2D eigenvalue weighted by Gasteiger charge is -2.43. The summed E-state index contributed by atoms with van der Waals surface area (Å²) in [6.45, 7) is 5.33. The Bertz CT molecular complexity index is 634. The van der Waals surface area contributed by atoms with Gasteiger partial charge in [-0.15, -0.1) is 0 Å². The molecular weight excluding hydrogens is 368 g/mol. The predicted octanol–water partition coefficient (Wildman–Crippen LogP) is 3.16. The van der Waals surface area contributed by atoms with Gasteiger partial charge in [-0.05, 0) is 31.2 Å². The van der Waals surface area contributed by atoms with Gasteiger partial charge in [-0.2, -0.15) is 0 Å². The summed E-state index contributed by atoms with van der Waals surface area (Å²) in [5.74, 6) is 3.07. The molecule has 3 rings (SSSR count). The van der Waals surface area contributed by atoms with E-state index in [1.54, 1.807) is 21.3 Å². The Morgan fingerprint density at radius 3 is 2.28 bits per heavy atom. The highest BCUT2D eigenvalue weighted by atomic mass is 16.5. The van der Waals surface area contributed by atoms with Gasteiger partial charge in [0.2, 0.25) is 0 Å². The Labute approximate surface area is 175 Å². The number of piperazine rings is 1. The van der Waals surface area contributed by atoms with Crippen LogP contribution in [0.5, 0.6) is 17.2 Å². The Hall–Kier alpha value is -1.50. The first-order valence-electron chi connectivity index (χ1n) is 11.0. The summed E-state index contributed by atoms with van der Waals surface area (Å²) in [5, 5.41) is 9.63. The maximum Gasteiger partial charge on any atom is 0.164 e. The van der Waals surface area contributed by atoms with E-state index in [1.165, 1.54) is 38.6 Å². The van der Waals surface area contributed by atoms with Crippen LogP contribution in [-0.4, -0.2) is 75.1 Å². The molecule has 1 N–H and O–H groups in total. The van der Waals surface area contributed by atoms with Crippen molar-refractivity contribution >= 4 is 0 Å². The van der Waals surface area contributed by atoms with Crippen molar-refractivity contribution in [2.45, 2.75) is 51.1 Å². The van der Waals surface area contributed by atoms with Crippen LogP contribution in [0.2, 0.25) is 0 Å². The molecule has 1 atom stereocenters. The van der Waals surface area contributed by atoms with Crippen LogP contribution in [0.4, 0.5) is 0 Å². The molecule has 1 aromatic carbocycles. The average molecular weight is 407 g/mol. The SMILES string of the molecule is COc1cc(OC)c(OC)cc1CN1CCN(CC2CCCCC2)C(CCO)C1. The second-order valence-corrected chi connectivity index (χ2v) is 8.42. The molecule has 1 heterocycles. The molecule has 1 saturated carbocycles. The molecule has 6 heteroatoms. The molecular formula is C23H38N2O4. The van der Waals surface area contributed by atoms with Crippen molar-refractivity contribution in [3.8, 4) is 17.2 Å². The molecule has 2 fully saturated rings. The molecule has 164 valence electrons. The summed E-state index contributed by atoms with van der Waals surface area (Å²) in [7, 11) is 5.00. The Balaban J connectivity index is 1.66. The quantitative estimate of drug-likeness (QED) is 0.680. The van der Waals surface area contributed by atoms with Crippen molar-refractivity contribution in [2.24, 2.45) is 5.92 Å². The molecule has 0 amide bonds. The monoisotopic (exact) mass is 406 g/mol. The maximum absolute atomic E-state index is 9.63. The van der Waals surface area contributed by atoms with Gasteiger partial charge in [0.05, 0.1) is 21.3 Å². The van der Waals surface area contributed by atoms with Gasteiger partial charge in [0.25, 0.3) is 0 Å². The van der Waals surface area contributed by atoms with Gasteiger partial charge in [0, 0.05) is 57.0 Å². The van der Waals surface area contributed by atoms with Gasteiger partial charge in [-0.3, -0.25) is 9.80 Å². The van der Waals surface area contributed by atoms with E-state index >= 15 is 0 Å². The van der Waals surface area contributed by atoms with Crippen LogP contribution >= 0.6 is 0 Å². The van der Waals surface area contributed by atoms with E-state index in [-0.39, 0.29) is 6.61 Å². The maximum atomic E-state index is 9.63. The Kier molecular flexibility index (Phi) is 8.45. The summed E-state index contributed by atoms with van der Waals surface area (Å²) >= 11 is 0. The van der Waals surface area contributed by atoms with E-state index in [4.69, 9.17) is 14.2 Å². The molecule has 1 aliphatic heterocycles. The fourth-order valence-corrected chi connectivity index (χ4v) is 4.92. The van der Waals surface area contributed by atoms with Gasteiger partial charge in [-0.1, -0.05) is 19.3 Å². The van der Waals surface area contributed by atoms with Gasteiger partial charge >= 0.3 is 0 Å². The van der Waals surface area contributed by atoms with Crippen LogP contribution < -0.4 is 14.2 Å². The van der Waals surface area contributed by atoms with Crippen LogP contribution in [0.15, 0.2) is 12.1 Å². The number of aliphatic hydroxyl groups excluding tert-OH is 1. The first-order chi connectivity index (χ1) is 14.2. The first kappa shape index (κ1) is 22.2. The highest BCUT2D eigenvalue weighted by molar-refractivity contribution is 5.50. The zero-order chi connectivity index (χ0) is 20.6. The van der Waals surface area contributed by atoms with Gasteiger partial charge in [0.15, 0.2) is 11.5 Å².